The van der Waals surface area contributed by atoms with Gasteiger partial charge in [0, 0.05) is 25.8 Å². The van der Waals surface area contributed by atoms with Crippen LogP contribution in [0.2, 0.25) is 0 Å². The summed E-state index contributed by atoms with van der Waals surface area (Å²) in [6.45, 7) is 6.06. The number of rotatable bonds is 4. The Hall–Kier alpha value is -2.03. The number of anilines is 2. The lowest BCUT2D eigenvalue weighted by Gasteiger charge is -2.23. The van der Waals surface area contributed by atoms with Gasteiger partial charge < -0.3 is 20.5 Å². The van der Waals surface area contributed by atoms with Crippen LogP contribution in [0.1, 0.15) is 35.2 Å². The molecular weight excluding hydrogens is 415 g/mol. The van der Waals surface area contributed by atoms with Crippen molar-refractivity contribution < 1.29 is 4.79 Å². The molecule has 4 heterocycles. The molecule has 1 amide bonds. The molecule has 1 fully saturated rings. The lowest BCUT2D eigenvalue weighted by molar-refractivity contribution is 0.102. The fourth-order valence-corrected chi connectivity index (χ4v) is 3.90. The second-order valence-corrected chi connectivity index (χ2v) is 7.41. The summed E-state index contributed by atoms with van der Waals surface area (Å²) in [5.41, 5.74) is 1.28. The molecular formula is C19H28Cl2N6O2. The van der Waals surface area contributed by atoms with E-state index in [1.54, 1.807) is 23.9 Å². The van der Waals surface area contributed by atoms with Crippen LogP contribution >= 0.6 is 24.8 Å². The standard InChI is InChI=1S/C19H26N6O2.2ClH/c1-13-5-9-24(12-14-4-2-6-20-10-14)19(27)16(13)18(26)23-15-11-22-25-8-3-7-21-17(15)25;;/h5,9,11,14,20-21H,2-4,6-8,10,12H2,1H3,(H,23,26);2*1H. The van der Waals surface area contributed by atoms with E-state index in [9.17, 15) is 9.59 Å². The maximum absolute atomic E-state index is 13.0. The zero-order chi connectivity index (χ0) is 18.8. The first-order chi connectivity index (χ1) is 13.1. The average Bonchev–Trinajstić information content (AvgIpc) is 3.08. The second-order valence-electron chi connectivity index (χ2n) is 7.41. The molecule has 0 bridgehead atoms. The van der Waals surface area contributed by atoms with Crippen molar-refractivity contribution in [2.45, 2.75) is 39.3 Å². The van der Waals surface area contributed by atoms with Crippen LogP contribution in [0.5, 0.6) is 0 Å². The third-order valence-electron chi connectivity index (χ3n) is 5.38. The molecule has 0 radical (unpaired) electrons. The number of carbonyl (C=O) groups excluding carboxylic acids is 1. The molecule has 10 heteroatoms. The molecule has 2 aliphatic heterocycles. The molecule has 1 atom stereocenters. The summed E-state index contributed by atoms with van der Waals surface area (Å²) in [5, 5.41) is 13.8. The van der Waals surface area contributed by atoms with Gasteiger partial charge in [0.2, 0.25) is 0 Å². The zero-order valence-electron chi connectivity index (χ0n) is 16.4. The maximum atomic E-state index is 13.0. The largest absolute Gasteiger partial charge is 0.368 e. The number of amides is 1. The van der Waals surface area contributed by atoms with Crippen molar-refractivity contribution in [3.63, 3.8) is 0 Å². The van der Waals surface area contributed by atoms with E-state index >= 15 is 0 Å². The van der Waals surface area contributed by atoms with Crippen LogP contribution in [-0.4, -0.2) is 39.9 Å². The Morgan fingerprint density at radius 3 is 2.90 bits per heavy atom. The van der Waals surface area contributed by atoms with Crippen molar-refractivity contribution >= 4 is 42.2 Å². The molecule has 2 aromatic rings. The van der Waals surface area contributed by atoms with Crippen LogP contribution in [0, 0.1) is 12.8 Å². The summed E-state index contributed by atoms with van der Waals surface area (Å²) in [5.74, 6) is 0.843. The van der Waals surface area contributed by atoms with Gasteiger partial charge in [0.25, 0.3) is 11.5 Å². The highest BCUT2D eigenvalue weighted by Gasteiger charge is 2.21. The van der Waals surface area contributed by atoms with Gasteiger partial charge >= 0.3 is 0 Å². The number of fused-ring (bicyclic) bond motifs is 1. The predicted molar refractivity (Wildman–Crippen MR) is 119 cm³/mol. The van der Waals surface area contributed by atoms with Gasteiger partial charge in [-0.1, -0.05) is 0 Å². The van der Waals surface area contributed by atoms with Gasteiger partial charge in [-0.25, -0.2) is 4.68 Å². The normalized spacial score (nSPS) is 17.9. The summed E-state index contributed by atoms with van der Waals surface area (Å²) >= 11 is 0. The number of aryl methyl sites for hydroxylation is 2. The van der Waals surface area contributed by atoms with E-state index in [-0.39, 0.29) is 41.8 Å². The Balaban J connectivity index is 0.00000150. The third-order valence-corrected chi connectivity index (χ3v) is 5.38. The number of aromatic nitrogens is 3. The summed E-state index contributed by atoms with van der Waals surface area (Å²) in [7, 11) is 0. The topological polar surface area (TPSA) is 93.0 Å². The molecule has 0 saturated carbocycles. The van der Waals surface area contributed by atoms with Gasteiger partial charge in [-0.05, 0) is 56.8 Å². The van der Waals surface area contributed by atoms with Crippen molar-refractivity contribution in [3.05, 3.63) is 39.9 Å². The molecule has 29 heavy (non-hydrogen) atoms. The van der Waals surface area contributed by atoms with E-state index in [1.165, 1.54) is 0 Å². The van der Waals surface area contributed by atoms with Crippen LogP contribution in [0.4, 0.5) is 11.5 Å². The molecule has 2 aromatic heterocycles. The average molecular weight is 443 g/mol. The number of piperidine rings is 1. The molecule has 2 aliphatic rings. The lowest BCUT2D eigenvalue weighted by atomic mass is 9.99. The lowest BCUT2D eigenvalue weighted by Crippen LogP contribution is -2.36. The van der Waals surface area contributed by atoms with E-state index < -0.39 is 0 Å². The SMILES string of the molecule is Cc1ccn(CC2CCCNC2)c(=O)c1C(=O)Nc1cnn2c1NCCC2.Cl.Cl. The van der Waals surface area contributed by atoms with E-state index in [1.807, 2.05) is 10.7 Å². The quantitative estimate of drug-likeness (QED) is 0.674. The number of pyridine rings is 1. The molecule has 1 saturated heterocycles. The van der Waals surface area contributed by atoms with Gasteiger partial charge in [-0.3, -0.25) is 9.59 Å². The zero-order valence-corrected chi connectivity index (χ0v) is 18.1. The van der Waals surface area contributed by atoms with Gasteiger partial charge in [0.05, 0.1) is 6.20 Å². The molecule has 3 N–H and O–H groups in total. The van der Waals surface area contributed by atoms with E-state index in [0.29, 0.717) is 23.7 Å². The van der Waals surface area contributed by atoms with Gasteiger partial charge in [-0.2, -0.15) is 5.10 Å². The molecule has 160 valence electrons. The van der Waals surface area contributed by atoms with Crippen LogP contribution in [-0.2, 0) is 13.1 Å². The maximum Gasteiger partial charge on any atom is 0.263 e. The Morgan fingerprint density at radius 2 is 2.14 bits per heavy atom. The molecule has 0 spiro atoms. The van der Waals surface area contributed by atoms with Crippen molar-refractivity contribution in [2.24, 2.45) is 5.92 Å². The number of carbonyl (C=O) groups is 1. The Bertz CT molecular complexity index is 905. The molecule has 0 aromatic carbocycles. The first-order valence-corrected chi connectivity index (χ1v) is 9.65. The minimum atomic E-state index is -0.378. The van der Waals surface area contributed by atoms with E-state index in [0.717, 1.165) is 51.3 Å². The van der Waals surface area contributed by atoms with Crippen molar-refractivity contribution in [1.29, 1.82) is 0 Å². The van der Waals surface area contributed by atoms with E-state index in [2.05, 4.69) is 21.0 Å². The summed E-state index contributed by atoms with van der Waals surface area (Å²) in [4.78, 5) is 25.8. The fraction of sp³-hybridized carbons (Fsp3) is 0.526. The number of nitrogens with one attached hydrogen (secondary N) is 3. The molecule has 8 nitrogen and oxygen atoms in total. The second kappa shape index (κ2) is 10.1. The van der Waals surface area contributed by atoms with Crippen molar-refractivity contribution in [2.75, 3.05) is 30.3 Å². The number of halogens is 2. The Kier molecular flexibility index (Phi) is 8.13. The Labute approximate surface area is 182 Å². The van der Waals surface area contributed by atoms with Gasteiger partial charge in [0.1, 0.15) is 17.1 Å². The third kappa shape index (κ3) is 4.94. The number of hydrogen-bond acceptors (Lipinski definition) is 5. The smallest absolute Gasteiger partial charge is 0.263 e. The first kappa shape index (κ1) is 23.3. The number of hydrogen-bond donors (Lipinski definition) is 3. The minimum absolute atomic E-state index is 0. The van der Waals surface area contributed by atoms with Crippen LogP contribution in [0.25, 0.3) is 0 Å². The minimum Gasteiger partial charge on any atom is -0.368 e. The molecule has 1 unspecified atom stereocenters. The van der Waals surface area contributed by atoms with Crippen molar-refractivity contribution in [3.8, 4) is 0 Å². The number of nitrogens with zero attached hydrogens (tertiary/aromatic N) is 3. The summed E-state index contributed by atoms with van der Waals surface area (Å²) < 4.78 is 3.51. The van der Waals surface area contributed by atoms with E-state index in [4.69, 9.17) is 0 Å². The summed E-state index contributed by atoms with van der Waals surface area (Å²) in [6.07, 6.45) is 6.66. The highest BCUT2D eigenvalue weighted by Crippen LogP contribution is 2.24. The van der Waals surface area contributed by atoms with Crippen LogP contribution in [0.3, 0.4) is 0 Å². The highest BCUT2D eigenvalue weighted by molar-refractivity contribution is 6.06. The van der Waals surface area contributed by atoms with Crippen LogP contribution < -0.4 is 21.5 Å². The van der Waals surface area contributed by atoms with Gasteiger partial charge in [0.15, 0.2) is 0 Å². The highest BCUT2D eigenvalue weighted by atomic mass is 35.5. The van der Waals surface area contributed by atoms with Crippen molar-refractivity contribution in [1.82, 2.24) is 19.7 Å². The first-order valence-electron chi connectivity index (χ1n) is 9.65. The fourth-order valence-electron chi connectivity index (χ4n) is 3.90. The molecule has 4 rings (SSSR count). The Morgan fingerprint density at radius 1 is 1.31 bits per heavy atom. The monoisotopic (exact) mass is 442 g/mol. The molecule has 0 aliphatic carbocycles. The van der Waals surface area contributed by atoms with Gasteiger partial charge in [-0.15, -0.1) is 24.8 Å². The van der Waals surface area contributed by atoms with Crippen LogP contribution in [0.15, 0.2) is 23.3 Å². The predicted octanol–water partition coefficient (Wildman–Crippen LogP) is 2.26. The summed E-state index contributed by atoms with van der Waals surface area (Å²) in [6, 6.07) is 1.85.